The van der Waals surface area contributed by atoms with Gasteiger partial charge in [-0.25, -0.2) is 0 Å². The van der Waals surface area contributed by atoms with E-state index in [4.69, 9.17) is 5.53 Å². The summed E-state index contributed by atoms with van der Waals surface area (Å²) in [4.78, 5) is 31.3. The molecule has 0 bridgehead atoms. The molecule has 7 heteroatoms. The van der Waals surface area contributed by atoms with E-state index in [1.165, 1.54) is 0 Å². The van der Waals surface area contributed by atoms with Crippen molar-refractivity contribution in [1.82, 2.24) is 10.2 Å². The SMILES string of the molecule is CCCCN(C(=O)c1ccccc1)C(C(=O)NC(C)(C)C)c1ccccc1N=[N+]=[N-]. The summed E-state index contributed by atoms with van der Waals surface area (Å²) in [5.41, 5.74) is 9.84. The van der Waals surface area contributed by atoms with Crippen LogP contribution >= 0.6 is 0 Å². The second-order valence-corrected chi connectivity index (χ2v) is 8.11. The lowest BCUT2D eigenvalue weighted by Gasteiger charge is -2.34. The summed E-state index contributed by atoms with van der Waals surface area (Å²) < 4.78 is 0. The number of rotatable bonds is 8. The van der Waals surface area contributed by atoms with Gasteiger partial charge in [0.05, 0.1) is 0 Å². The minimum atomic E-state index is -0.926. The second-order valence-electron chi connectivity index (χ2n) is 8.11. The monoisotopic (exact) mass is 407 g/mol. The van der Waals surface area contributed by atoms with Crippen LogP contribution in [0.25, 0.3) is 10.4 Å². The van der Waals surface area contributed by atoms with E-state index < -0.39 is 11.6 Å². The van der Waals surface area contributed by atoms with Crippen molar-refractivity contribution in [3.63, 3.8) is 0 Å². The molecule has 0 aromatic heterocycles. The molecule has 2 aromatic carbocycles. The van der Waals surface area contributed by atoms with Crippen molar-refractivity contribution in [2.45, 2.75) is 52.1 Å². The zero-order valence-electron chi connectivity index (χ0n) is 18.0. The maximum Gasteiger partial charge on any atom is 0.254 e. The zero-order chi connectivity index (χ0) is 22.1. The first-order valence-corrected chi connectivity index (χ1v) is 10.1. The normalized spacial score (nSPS) is 11.9. The van der Waals surface area contributed by atoms with Crippen LogP contribution in [0, 0.1) is 0 Å². The molecule has 0 aliphatic carbocycles. The van der Waals surface area contributed by atoms with Crippen LogP contribution in [0.4, 0.5) is 5.69 Å². The van der Waals surface area contributed by atoms with Gasteiger partial charge in [-0.3, -0.25) is 9.59 Å². The van der Waals surface area contributed by atoms with Crippen LogP contribution in [0.1, 0.15) is 62.5 Å². The van der Waals surface area contributed by atoms with Gasteiger partial charge in [0.15, 0.2) is 0 Å². The average Bonchev–Trinajstić information content (AvgIpc) is 2.71. The first kappa shape index (κ1) is 23.0. The van der Waals surface area contributed by atoms with Crippen LogP contribution in [0.15, 0.2) is 59.7 Å². The van der Waals surface area contributed by atoms with Crippen molar-refractivity contribution in [2.75, 3.05) is 6.54 Å². The summed E-state index contributed by atoms with van der Waals surface area (Å²) in [5, 5.41) is 6.75. The topological polar surface area (TPSA) is 98.2 Å². The van der Waals surface area contributed by atoms with E-state index in [9.17, 15) is 9.59 Å². The summed E-state index contributed by atoms with van der Waals surface area (Å²) in [6.07, 6.45) is 1.60. The number of nitrogens with zero attached hydrogens (tertiary/aromatic N) is 4. The summed E-state index contributed by atoms with van der Waals surface area (Å²) in [5.74, 6) is -0.558. The molecule has 0 heterocycles. The Bertz CT molecular complexity index is 915. The predicted molar refractivity (Wildman–Crippen MR) is 118 cm³/mol. The Labute approximate surface area is 177 Å². The largest absolute Gasteiger partial charge is 0.349 e. The Morgan fingerprint density at radius 1 is 1.10 bits per heavy atom. The van der Waals surface area contributed by atoms with Crippen molar-refractivity contribution in [2.24, 2.45) is 5.11 Å². The van der Waals surface area contributed by atoms with E-state index in [1.54, 1.807) is 53.4 Å². The maximum atomic E-state index is 13.4. The molecule has 2 rings (SSSR count). The molecular formula is C23H29N5O2. The van der Waals surface area contributed by atoms with Gasteiger partial charge in [-0.2, -0.15) is 0 Å². The van der Waals surface area contributed by atoms with E-state index in [2.05, 4.69) is 15.3 Å². The summed E-state index contributed by atoms with van der Waals surface area (Å²) in [6, 6.07) is 14.9. The molecule has 158 valence electrons. The van der Waals surface area contributed by atoms with Crippen LogP contribution in [0.3, 0.4) is 0 Å². The Balaban J connectivity index is 2.62. The number of azide groups is 1. The highest BCUT2D eigenvalue weighted by Crippen LogP contribution is 2.32. The molecule has 0 aliphatic rings. The van der Waals surface area contributed by atoms with Gasteiger partial charge >= 0.3 is 0 Å². The molecule has 0 aliphatic heterocycles. The van der Waals surface area contributed by atoms with Crippen molar-refractivity contribution in [1.29, 1.82) is 0 Å². The lowest BCUT2D eigenvalue weighted by molar-refractivity contribution is -0.127. The van der Waals surface area contributed by atoms with Crippen molar-refractivity contribution >= 4 is 17.5 Å². The molecule has 1 unspecified atom stereocenters. The van der Waals surface area contributed by atoms with Gasteiger partial charge in [-0.15, -0.1) is 0 Å². The minimum Gasteiger partial charge on any atom is -0.349 e. The molecule has 30 heavy (non-hydrogen) atoms. The lowest BCUT2D eigenvalue weighted by atomic mass is 9.98. The van der Waals surface area contributed by atoms with Crippen molar-refractivity contribution < 1.29 is 9.59 Å². The van der Waals surface area contributed by atoms with Crippen LogP contribution in [0.5, 0.6) is 0 Å². The number of carbonyl (C=O) groups is 2. The molecule has 2 amide bonds. The van der Waals surface area contributed by atoms with Gasteiger partial charge in [0.25, 0.3) is 5.91 Å². The predicted octanol–water partition coefficient (Wildman–Crippen LogP) is 5.53. The van der Waals surface area contributed by atoms with Gasteiger partial charge in [-0.1, -0.05) is 60.9 Å². The third-order valence-corrected chi connectivity index (χ3v) is 4.48. The Kier molecular flexibility index (Phi) is 8.01. The maximum absolute atomic E-state index is 13.4. The smallest absolute Gasteiger partial charge is 0.254 e. The first-order valence-electron chi connectivity index (χ1n) is 10.1. The number of hydrogen-bond donors (Lipinski definition) is 1. The van der Waals surface area contributed by atoms with E-state index in [1.807, 2.05) is 33.8 Å². The van der Waals surface area contributed by atoms with E-state index >= 15 is 0 Å². The molecule has 7 nitrogen and oxygen atoms in total. The molecule has 1 atom stereocenters. The zero-order valence-corrected chi connectivity index (χ0v) is 18.0. The van der Waals surface area contributed by atoms with Gasteiger partial charge in [-0.05, 0) is 50.4 Å². The number of carbonyl (C=O) groups excluding carboxylic acids is 2. The van der Waals surface area contributed by atoms with Crippen molar-refractivity contribution in [3.8, 4) is 0 Å². The third-order valence-electron chi connectivity index (χ3n) is 4.48. The van der Waals surface area contributed by atoms with Crippen molar-refractivity contribution in [3.05, 3.63) is 76.2 Å². The molecule has 0 spiro atoms. The molecule has 1 N–H and O–H groups in total. The highest BCUT2D eigenvalue weighted by molar-refractivity contribution is 5.98. The highest BCUT2D eigenvalue weighted by Gasteiger charge is 2.34. The molecule has 0 saturated carbocycles. The Morgan fingerprint density at radius 3 is 2.33 bits per heavy atom. The highest BCUT2D eigenvalue weighted by atomic mass is 16.2. The second kappa shape index (κ2) is 10.5. The fourth-order valence-electron chi connectivity index (χ4n) is 3.17. The molecule has 0 fully saturated rings. The van der Waals surface area contributed by atoms with E-state index in [0.717, 1.165) is 12.8 Å². The molecule has 0 radical (unpaired) electrons. The quantitative estimate of drug-likeness (QED) is 0.354. The van der Waals surface area contributed by atoms with Crippen LogP contribution in [0.2, 0.25) is 0 Å². The number of hydrogen-bond acceptors (Lipinski definition) is 3. The van der Waals surface area contributed by atoms with Crippen LogP contribution < -0.4 is 5.32 Å². The average molecular weight is 408 g/mol. The lowest BCUT2D eigenvalue weighted by Crippen LogP contribution is -2.49. The Hall–Kier alpha value is -3.31. The third kappa shape index (κ3) is 6.09. The molecular weight excluding hydrogens is 378 g/mol. The van der Waals surface area contributed by atoms with Gasteiger partial charge in [0, 0.05) is 28.2 Å². The standard InChI is InChI=1S/C23H29N5O2/c1-5-6-16-28(22(30)17-12-8-7-9-13-17)20(21(29)25-23(2,3)4)18-14-10-11-15-19(18)26-27-24/h7-15,20H,5-6,16H2,1-4H3,(H,25,29). The Morgan fingerprint density at radius 2 is 1.73 bits per heavy atom. The number of nitrogens with one attached hydrogen (secondary N) is 1. The number of unbranched alkanes of at least 4 members (excludes halogenated alkanes) is 1. The first-order chi connectivity index (χ1) is 14.3. The van der Waals surface area contributed by atoms with Gasteiger partial charge < -0.3 is 10.2 Å². The molecule has 0 saturated heterocycles. The summed E-state index contributed by atoms with van der Waals surface area (Å²) >= 11 is 0. The van der Waals surface area contributed by atoms with Gasteiger partial charge in [0.2, 0.25) is 5.91 Å². The number of benzene rings is 2. The molecule has 2 aromatic rings. The minimum absolute atomic E-state index is 0.242. The van der Waals surface area contributed by atoms with Gasteiger partial charge in [0.1, 0.15) is 6.04 Å². The van der Waals surface area contributed by atoms with Crippen LogP contribution in [-0.4, -0.2) is 28.8 Å². The van der Waals surface area contributed by atoms with E-state index in [-0.39, 0.29) is 11.8 Å². The summed E-state index contributed by atoms with van der Waals surface area (Å²) in [7, 11) is 0. The number of amides is 2. The van der Waals surface area contributed by atoms with Crippen LogP contribution in [-0.2, 0) is 4.79 Å². The summed E-state index contributed by atoms with van der Waals surface area (Å²) in [6.45, 7) is 8.09. The van der Waals surface area contributed by atoms with E-state index in [0.29, 0.717) is 23.4 Å². The fourth-order valence-corrected chi connectivity index (χ4v) is 3.17. The fraction of sp³-hybridized carbons (Fsp3) is 0.391.